The Hall–Kier alpha value is -3.84. The molecule has 4 aromatic rings. The number of aromatic nitrogens is 1. The fourth-order valence-electron chi connectivity index (χ4n) is 3.46. The van der Waals surface area contributed by atoms with Crippen LogP contribution in [0.3, 0.4) is 0 Å². The predicted molar refractivity (Wildman–Crippen MR) is 129 cm³/mol. The van der Waals surface area contributed by atoms with Crippen molar-refractivity contribution < 1.29 is 23.8 Å². The number of nitrogens with one attached hydrogen (secondary N) is 1. The largest absolute Gasteiger partial charge is 0.479 e. The summed E-state index contributed by atoms with van der Waals surface area (Å²) >= 11 is 0. The number of oxazole rings is 1. The highest BCUT2D eigenvalue weighted by Gasteiger charge is 2.30. The van der Waals surface area contributed by atoms with Gasteiger partial charge in [0.05, 0.1) is 0 Å². The van der Waals surface area contributed by atoms with Gasteiger partial charge >= 0.3 is 5.97 Å². The molecule has 0 aliphatic carbocycles. The fraction of sp³-hybridized carbons (Fsp3) is 0.259. The quantitative estimate of drug-likeness (QED) is 0.304. The molecule has 7 nitrogen and oxygen atoms in total. The van der Waals surface area contributed by atoms with Crippen LogP contribution >= 0.6 is 0 Å². The van der Waals surface area contributed by atoms with Crippen molar-refractivity contribution in [1.82, 2.24) is 10.3 Å². The molecule has 34 heavy (non-hydrogen) atoms. The molecule has 1 unspecified atom stereocenters. The maximum absolute atomic E-state index is 11.5. The summed E-state index contributed by atoms with van der Waals surface area (Å²) < 4.78 is 17.9. The predicted octanol–water partition coefficient (Wildman–Crippen LogP) is 5.02. The van der Waals surface area contributed by atoms with Crippen LogP contribution < -0.4 is 14.8 Å². The van der Waals surface area contributed by atoms with E-state index in [1.165, 1.54) is 13.8 Å². The molecule has 0 saturated carbocycles. The molecular weight excluding hydrogens is 432 g/mol. The Kier molecular flexibility index (Phi) is 7.13. The second kappa shape index (κ2) is 10.4. The van der Waals surface area contributed by atoms with Gasteiger partial charge < -0.3 is 24.3 Å². The van der Waals surface area contributed by atoms with E-state index in [1.54, 1.807) is 6.07 Å². The summed E-state index contributed by atoms with van der Waals surface area (Å²) in [6.45, 7) is 4.18. The summed E-state index contributed by atoms with van der Waals surface area (Å²) in [6.07, 6.45) is 0.226. The Morgan fingerprint density at radius 2 is 1.74 bits per heavy atom. The van der Waals surface area contributed by atoms with Crippen molar-refractivity contribution in [1.29, 1.82) is 0 Å². The maximum Gasteiger partial charge on any atom is 0.347 e. The first kappa shape index (κ1) is 23.3. The van der Waals surface area contributed by atoms with Gasteiger partial charge in [0, 0.05) is 6.54 Å². The number of aliphatic carboxylic acids is 1. The molecule has 0 amide bonds. The zero-order chi connectivity index (χ0) is 24.0. The van der Waals surface area contributed by atoms with E-state index in [0.717, 1.165) is 16.8 Å². The summed E-state index contributed by atoms with van der Waals surface area (Å²) in [6, 6.07) is 24.7. The van der Waals surface area contributed by atoms with Gasteiger partial charge in [0.2, 0.25) is 5.89 Å². The Labute approximate surface area is 198 Å². The molecule has 0 spiro atoms. The summed E-state index contributed by atoms with van der Waals surface area (Å²) in [5.74, 6) is 0.781. The molecule has 0 saturated heterocycles. The van der Waals surface area contributed by atoms with Crippen LogP contribution in [0.15, 0.2) is 83.3 Å². The van der Waals surface area contributed by atoms with Crippen LogP contribution in [0.5, 0.6) is 11.5 Å². The van der Waals surface area contributed by atoms with Crippen molar-refractivity contribution in [3.05, 3.63) is 90.3 Å². The molecule has 2 N–H and O–H groups in total. The first-order valence-corrected chi connectivity index (χ1v) is 11.2. The number of nitrogens with zero attached hydrogens (tertiary/aromatic N) is 1. The van der Waals surface area contributed by atoms with E-state index in [0.29, 0.717) is 36.7 Å². The molecule has 0 radical (unpaired) electrons. The minimum absolute atomic E-state index is 0.424. The van der Waals surface area contributed by atoms with Crippen LogP contribution in [0.25, 0.3) is 11.1 Å². The van der Waals surface area contributed by atoms with Crippen molar-refractivity contribution >= 4 is 17.1 Å². The molecule has 4 rings (SSSR count). The normalized spacial score (nSPS) is 12.4. The minimum Gasteiger partial charge on any atom is -0.479 e. The number of ether oxygens (including phenoxy) is 2. The van der Waals surface area contributed by atoms with E-state index in [1.807, 2.05) is 72.8 Å². The number of hydrogen-bond donors (Lipinski definition) is 2. The number of fused-ring (bicyclic) bond motifs is 1. The summed E-state index contributed by atoms with van der Waals surface area (Å²) in [5.41, 5.74) is 1.11. The molecule has 7 heteroatoms. The average Bonchev–Trinajstić information content (AvgIpc) is 3.26. The highest BCUT2D eigenvalue weighted by molar-refractivity contribution is 5.76. The van der Waals surface area contributed by atoms with Gasteiger partial charge in [0.25, 0.3) is 0 Å². The summed E-state index contributed by atoms with van der Waals surface area (Å²) in [5, 5.41) is 12.8. The zero-order valence-corrected chi connectivity index (χ0v) is 19.2. The highest BCUT2D eigenvalue weighted by Crippen LogP contribution is 2.26. The van der Waals surface area contributed by atoms with Crippen molar-refractivity contribution in [3.63, 3.8) is 0 Å². The monoisotopic (exact) mass is 460 g/mol. The van der Waals surface area contributed by atoms with Gasteiger partial charge in [-0.2, -0.15) is 0 Å². The van der Waals surface area contributed by atoms with Crippen molar-refractivity contribution in [2.24, 2.45) is 0 Å². The van der Waals surface area contributed by atoms with Gasteiger partial charge in [-0.1, -0.05) is 48.5 Å². The van der Waals surface area contributed by atoms with Crippen molar-refractivity contribution in [2.75, 3.05) is 13.1 Å². The SMILES string of the molecule is CC(C)(Oc1ccccc1CCNCC(Oc1ccccc1)c1nc2ccccc2o1)C(=O)O. The molecule has 0 bridgehead atoms. The molecule has 1 heterocycles. The molecule has 0 fully saturated rings. The van der Waals surface area contributed by atoms with E-state index < -0.39 is 17.7 Å². The van der Waals surface area contributed by atoms with Gasteiger partial charge in [-0.05, 0) is 62.7 Å². The van der Waals surface area contributed by atoms with Gasteiger partial charge in [-0.25, -0.2) is 9.78 Å². The van der Waals surface area contributed by atoms with Crippen LogP contribution in [0, 0.1) is 0 Å². The Morgan fingerprint density at radius 1 is 1.03 bits per heavy atom. The van der Waals surface area contributed by atoms with Crippen LogP contribution in [0.2, 0.25) is 0 Å². The van der Waals surface area contributed by atoms with Crippen molar-refractivity contribution in [2.45, 2.75) is 32.0 Å². The molecule has 0 aliphatic heterocycles. The smallest absolute Gasteiger partial charge is 0.347 e. The third-order valence-corrected chi connectivity index (χ3v) is 5.36. The lowest BCUT2D eigenvalue weighted by molar-refractivity contribution is -0.152. The standard InChI is InChI=1S/C27H28N2O5/c1-27(2,26(30)31)34-22-14-8-6-10-19(22)16-17-28-18-24(32-20-11-4-3-5-12-20)25-29-21-13-7-9-15-23(21)33-25/h3-15,24,28H,16-18H2,1-2H3,(H,30,31). The lowest BCUT2D eigenvalue weighted by Gasteiger charge is -2.23. The summed E-state index contributed by atoms with van der Waals surface area (Å²) in [4.78, 5) is 16.1. The van der Waals surface area contributed by atoms with Crippen molar-refractivity contribution in [3.8, 4) is 11.5 Å². The zero-order valence-electron chi connectivity index (χ0n) is 19.2. The molecular formula is C27H28N2O5. The number of carboxylic acids is 1. The number of rotatable bonds is 11. The van der Waals surface area contributed by atoms with Gasteiger partial charge in [0.15, 0.2) is 17.3 Å². The number of benzene rings is 3. The lowest BCUT2D eigenvalue weighted by Crippen LogP contribution is -2.38. The van der Waals surface area contributed by atoms with Crippen LogP contribution in [-0.4, -0.2) is 34.8 Å². The maximum atomic E-state index is 11.5. The molecule has 3 aromatic carbocycles. The van der Waals surface area contributed by atoms with Gasteiger partial charge in [-0.3, -0.25) is 0 Å². The van der Waals surface area contributed by atoms with Crippen LogP contribution in [0.1, 0.15) is 31.4 Å². The first-order valence-electron chi connectivity index (χ1n) is 11.2. The molecule has 1 atom stereocenters. The third-order valence-electron chi connectivity index (χ3n) is 5.36. The molecule has 0 aliphatic rings. The summed E-state index contributed by atoms with van der Waals surface area (Å²) in [7, 11) is 0. The Balaban J connectivity index is 1.43. The molecule has 176 valence electrons. The number of hydrogen-bond acceptors (Lipinski definition) is 6. The first-order chi connectivity index (χ1) is 16.4. The van der Waals surface area contributed by atoms with E-state index >= 15 is 0 Å². The Bertz CT molecular complexity index is 1200. The Morgan fingerprint density at radius 3 is 2.50 bits per heavy atom. The van der Waals surface area contributed by atoms with E-state index in [2.05, 4.69) is 10.3 Å². The topological polar surface area (TPSA) is 93.8 Å². The second-order valence-corrected chi connectivity index (χ2v) is 8.42. The van der Waals surface area contributed by atoms with E-state index in [-0.39, 0.29) is 0 Å². The van der Waals surface area contributed by atoms with E-state index in [4.69, 9.17) is 13.9 Å². The fourth-order valence-corrected chi connectivity index (χ4v) is 3.46. The number of carbonyl (C=O) groups is 1. The minimum atomic E-state index is -1.31. The third kappa shape index (κ3) is 5.74. The number of para-hydroxylation sites is 4. The van der Waals surface area contributed by atoms with Crippen LogP contribution in [-0.2, 0) is 11.2 Å². The van der Waals surface area contributed by atoms with E-state index in [9.17, 15) is 9.90 Å². The average molecular weight is 461 g/mol. The highest BCUT2D eigenvalue weighted by atomic mass is 16.5. The van der Waals surface area contributed by atoms with Crippen LogP contribution in [0.4, 0.5) is 0 Å². The lowest BCUT2D eigenvalue weighted by atomic mass is 10.1. The van der Waals surface area contributed by atoms with Gasteiger partial charge in [0.1, 0.15) is 17.0 Å². The molecule has 1 aromatic heterocycles. The number of carboxylic acid groups (broad SMARTS) is 1. The second-order valence-electron chi connectivity index (χ2n) is 8.42. The van der Waals surface area contributed by atoms with Gasteiger partial charge in [-0.15, -0.1) is 0 Å².